The Morgan fingerprint density at radius 2 is 1.68 bits per heavy atom. The Morgan fingerprint density at radius 1 is 1.04 bits per heavy atom. The van der Waals surface area contributed by atoms with E-state index in [9.17, 15) is 8.42 Å². The van der Waals surface area contributed by atoms with Crippen molar-refractivity contribution in [3.05, 3.63) is 78.1 Å². The molecule has 1 atom stereocenters. The first-order valence-corrected chi connectivity index (χ1v) is 8.98. The first-order chi connectivity index (χ1) is 12.1. The van der Waals surface area contributed by atoms with Crippen molar-refractivity contribution in [2.75, 3.05) is 0 Å². The van der Waals surface area contributed by atoms with Crippen LogP contribution in [0.25, 0.3) is 0 Å². The van der Waals surface area contributed by atoms with Gasteiger partial charge in [-0.3, -0.25) is 0 Å². The van der Waals surface area contributed by atoms with Gasteiger partial charge in [-0.05, 0) is 29.8 Å². The second kappa shape index (κ2) is 7.25. The molecule has 0 aliphatic heterocycles. The molecule has 8 heteroatoms. The van der Waals surface area contributed by atoms with Gasteiger partial charge in [-0.15, -0.1) is 0 Å². The molecule has 1 aromatic heterocycles. The maximum Gasteiger partial charge on any atom is 0.241 e. The van der Waals surface area contributed by atoms with E-state index < -0.39 is 16.1 Å². The van der Waals surface area contributed by atoms with E-state index in [2.05, 4.69) is 14.9 Å². The maximum atomic E-state index is 12.7. The molecule has 0 spiro atoms. The van der Waals surface area contributed by atoms with Crippen molar-refractivity contribution in [1.29, 1.82) is 5.26 Å². The van der Waals surface area contributed by atoms with E-state index in [1.54, 1.807) is 0 Å². The minimum atomic E-state index is -3.76. The van der Waals surface area contributed by atoms with Gasteiger partial charge < -0.3 is 0 Å². The highest BCUT2D eigenvalue weighted by Crippen LogP contribution is 2.19. The van der Waals surface area contributed by atoms with E-state index in [-0.39, 0.29) is 11.4 Å². The molecule has 1 heterocycles. The van der Waals surface area contributed by atoms with Crippen molar-refractivity contribution in [2.24, 2.45) is 0 Å². The van der Waals surface area contributed by atoms with E-state index in [0.29, 0.717) is 5.56 Å². The fourth-order valence-electron chi connectivity index (χ4n) is 2.36. The van der Waals surface area contributed by atoms with Crippen LogP contribution in [0, 0.1) is 11.3 Å². The van der Waals surface area contributed by atoms with Gasteiger partial charge in [0.15, 0.2) is 0 Å². The van der Waals surface area contributed by atoms with E-state index in [4.69, 9.17) is 5.26 Å². The molecule has 0 fully saturated rings. The van der Waals surface area contributed by atoms with Gasteiger partial charge >= 0.3 is 0 Å². The van der Waals surface area contributed by atoms with Crippen LogP contribution in [0.15, 0.2) is 71.9 Å². The number of hydrogen-bond acceptors (Lipinski definition) is 5. The SMILES string of the molecule is N#Cc1ccc(S(=O)(=O)NC(Cn2nccn2)c2ccccc2)cc1. The molecule has 0 saturated carbocycles. The number of benzene rings is 2. The van der Waals surface area contributed by atoms with E-state index in [0.717, 1.165) is 5.56 Å². The van der Waals surface area contributed by atoms with Crippen molar-refractivity contribution in [2.45, 2.75) is 17.5 Å². The minimum absolute atomic E-state index is 0.0980. The summed E-state index contributed by atoms with van der Waals surface area (Å²) in [5.41, 5.74) is 1.20. The van der Waals surface area contributed by atoms with Gasteiger partial charge in [-0.2, -0.15) is 20.3 Å². The van der Waals surface area contributed by atoms with Gasteiger partial charge in [-0.25, -0.2) is 13.1 Å². The van der Waals surface area contributed by atoms with Crippen LogP contribution in [-0.2, 0) is 16.6 Å². The molecule has 1 N–H and O–H groups in total. The molecule has 0 bridgehead atoms. The highest BCUT2D eigenvalue weighted by molar-refractivity contribution is 7.89. The van der Waals surface area contributed by atoms with Gasteiger partial charge in [0.2, 0.25) is 10.0 Å². The third-order valence-corrected chi connectivity index (χ3v) is 5.09. The zero-order valence-electron chi connectivity index (χ0n) is 13.1. The average Bonchev–Trinajstić information content (AvgIpc) is 3.15. The first-order valence-electron chi connectivity index (χ1n) is 7.50. The van der Waals surface area contributed by atoms with Crippen LogP contribution in [0.2, 0.25) is 0 Å². The number of nitrogens with zero attached hydrogens (tertiary/aromatic N) is 4. The number of nitrogens with one attached hydrogen (secondary N) is 1. The Balaban J connectivity index is 1.89. The summed E-state index contributed by atoms with van der Waals surface area (Å²) in [5.74, 6) is 0. The predicted molar refractivity (Wildman–Crippen MR) is 90.7 cm³/mol. The fraction of sp³-hybridized carbons (Fsp3) is 0.118. The second-order valence-corrected chi connectivity index (χ2v) is 7.02. The molecule has 3 rings (SSSR count). The lowest BCUT2D eigenvalue weighted by atomic mass is 10.1. The topological polar surface area (TPSA) is 101 Å². The summed E-state index contributed by atoms with van der Waals surface area (Å²) in [6.45, 7) is 0.256. The van der Waals surface area contributed by atoms with Gasteiger partial charge in [0.25, 0.3) is 0 Å². The van der Waals surface area contributed by atoms with Gasteiger partial charge in [0.05, 0.1) is 41.5 Å². The van der Waals surface area contributed by atoms with Crippen LogP contribution >= 0.6 is 0 Å². The van der Waals surface area contributed by atoms with Gasteiger partial charge in [0, 0.05) is 0 Å². The first kappa shape index (κ1) is 16.8. The smallest absolute Gasteiger partial charge is 0.207 e. The standard InChI is InChI=1S/C17H15N5O2S/c18-12-14-6-8-16(9-7-14)25(23,24)21-17(13-22-19-10-11-20-22)15-4-2-1-3-5-15/h1-11,17,21H,13H2. The minimum Gasteiger partial charge on any atom is -0.207 e. The van der Waals surface area contributed by atoms with E-state index >= 15 is 0 Å². The molecule has 2 aromatic carbocycles. The Hall–Kier alpha value is -3.02. The maximum absolute atomic E-state index is 12.7. The quantitative estimate of drug-likeness (QED) is 0.729. The summed E-state index contributed by atoms with van der Waals surface area (Å²) in [5, 5.41) is 16.9. The molecule has 1 unspecified atom stereocenters. The molecule has 3 aromatic rings. The molecular formula is C17H15N5O2S. The zero-order chi connectivity index (χ0) is 17.7. The highest BCUT2D eigenvalue weighted by Gasteiger charge is 2.22. The Morgan fingerprint density at radius 3 is 2.28 bits per heavy atom. The summed E-state index contributed by atoms with van der Waals surface area (Å²) < 4.78 is 28.1. The molecule has 0 radical (unpaired) electrons. The van der Waals surface area contributed by atoms with Crippen LogP contribution in [-0.4, -0.2) is 23.4 Å². The third kappa shape index (κ3) is 4.09. The van der Waals surface area contributed by atoms with Crippen LogP contribution in [0.4, 0.5) is 0 Å². The fourth-order valence-corrected chi connectivity index (χ4v) is 3.58. The summed E-state index contributed by atoms with van der Waals surface area (Å²) in [4.78, 5) is 1.53. The Labute approximate surface area is 145 Å². The zero-order valence-corrected chi connectivity index (χ0v) is 14.0. The molecule has 25 heavy (non-hydrogen) atoms. The van der Waals surface area contributed by atoms with Crippen molar-refractivity contribution in [3.8, 4) is 6.07 Å². The van der Waals surface area contributed by atoms with Crippen LogP contribution in [0.1, 0.15) is 17.2 Å². The normalized spacial score (nSPS) is 12.4. The lowest BCUT2D eigenvalue weighted by molar-refractivity contribution is 0.444. The van der Waals surface area contributed by atoms with E-state index in [1.165, 1.54) is 41.5 Å². The number of hydrogen-bond donors (Lipinski definition) is 1. The van der Waals surface area contributed by atoms with Crippen molar-refractivity contribution < 1.29 is 8.42 Å². The van der Waals surface area contributed by atoms with Crippen molar-refractivity contribution >= 4 is 10.0 Å². The largest absolute Gasteiger partial charge is 0.241 e. The molecule has 0 aliphatic rings. The predicted octanol–water partition coefficient (Wildman–Crippen LogP) is 1.87. The van der Waals surface area contributed by atoms with Crippen LogP contribution < -0.4 is 4.72 Å². The van der Waals surface area contributed by atoms with Crippen LogP contribution in [0.5, 0.6) is 0 Å². The Kier molecular flexibility index (Phi) is 4.88. The third-order valence-electron chi connectivity index (χ3n) is 3.61. The summed E-state index contributed by atoms with van der Waals surface area (Å²) >= 11 is 0. The summed E-state index contributed by atoms with van der Waals surface area (Å²) in [6.07, 6.45) is 3.08. The number of aromatic nitrogens is 3. The lowest BCUT2D eigenvalue weighted by Crippen LogP contribution is -2.32. The molecule has 126 valence electrons. The lowest BCUT2D eigenvalue weighted by Gasteiger charge is -2.19. The average molecular weight is 353 g/mol. The number of rotatable bonds is 6. The molecule has 7 nitrogen and oxygen atoms in total. The van der Waals surface area contributed by atoms with E-state index in [1.807, 2.05) is 36.4 Å². The molecule has 0 amide bonds. The molecular weight excluding hydrogens is 338 g/mol. The monoisotopic (exact) mass is 353 g/mol. The van der Waals surface area contributed by atoms with Gasteiger partial charge in [-0.1, -0.05) is 30.3 Å². The van der Waals surface area contributed by atoms with Crippen molar-refractivity contribution in [3.63, 3.8) is 0 Å². The van der Waals surface area contributed by atoms with Crippen molar-refractivity contribution in [1.82, 2.24) is 19.7 Å². The summed E-state index contributed by atoms with van der Waals surface area (Å²) in [7, 11) is -3.76. The van der Waals surface area contributed by atoms with Gasteiger partial charge in [0.1, 0.15) is 0 Å². The highest BCUT2D eigenvalue weighted by atomic mass is 32.2. The second-order valence-electron chi connectivity index (χ2n) is 5.30. The molecule has 0 saturated heterocycles. The summed E-state index contributed by atoms with van der Waals surface area (Å²) in [6, 6.07) is 16.4. The molecule has 0 aliphatic carbocycles. The van der Waals surface area contributed by atoms with Crippen LogP contribution in [0.3, 0.4) is 0 Å². The Bertz CT molecular complexity index is 962. The number of nitriles is 1. The number of sulfonamides is 1.